The zero-order chi connectivity index (χ0) is 10.1. The number of thioether (sulfide) groups is 1. The largest absolute Gasteiger partial charge is 0.301 e. The number of hydrogen-bond acceptors (Lipinski definition) is 2. The maximum absolute atomic E-state index is 3.79. The molecule has 1 saturated carbocycles. The summed E-state index contributed by atoms with van der Waals surface area (Å²) in [4.78, 5) is 0.414. The second kappa shape index (κ2) is 4.05. The molecular formula is C12H23NS. The first-order valence-electron chi connectivity index (χ1n) is 6.19. The van der Waals surface area contributed by atoms with Crippen molar-refractivity contribution < 1.29 is 0 Å². The van der Waals surface area contributed by atoms with Crippen LogP contribution in [0.15, 0.2) is 0 Å². The average Bonchev–Trinajstić information content (AvgIpc) is 2.60. The van der Waals surface area contributed by atoms with Gasteiger partial charge in [0, 0.05) is 11.3 Å². The molecule has 1 nitrogen and oxygen atoms in total. The molecule has 0 aromatic heterocycles. The lowest BCUT2D eigenvalue weighted by molar-refractivity contribution is 0.379. The molecule has 0 aromatic carbocycles. The van der Waals surface area contributed by atoms with Crippen molar-refractivity contribution in [3.63, 3.8) is 0 Å². The molecule has 2 rings (SSSR count). The lowest BCUT2D eigenvalue weighted by atomic mass is 9.88. The highest BCUT2D eigenvalue weighted by atomic mass is 32.2. The third kappa shape index (κ3) is 1.83. The van der Waals surface area contributed by atoms with Gasteiger partial charge in [-0.15, -0.1) is 11.8 Å². The Balaban J connectivity index is 2.04. The van der Waals surface area contributed by atoms with Gasteiger partial charge in [-0.2, -0.15) is 0 Å². The average molecular weight is 213 g/mol. The van der Waals surface area contributed by atoms with Gasteiger partial charge in [-0.1, -0.05) is 33.1 Å². The van der Waals surface area contributed by atoms with Crippen LogP contribution in [0.1, 0.15) is 58.8 Å². The van der Waals surface area contributed by atoms with Crippen LogP contribution in [0.4, 0.5) is 0 Å². The van der Waals surface area contributed by atoms with E-state index in [0.717, 1.165) is 0 Å². The maximum Gasteiger partial charge on any atom is 0.0646 e. The van der Waals surface area contributed by atoms with E-state index in [1.165, 1.54) is 51.5 Å². The molecule has 1 heterocycles. The van der Waals surface area contributed by atoms with E-state index in [9.17, 15) is 0 Å². The zero-order valence-electron chi connectivity index (χ0n) is 9.57. The number of nitrogens with one attached hydrogen (secondary N) is 1. The smallest absolute Gasteiger partial charge is 0.0646 e. The minimum Gasteiger partial charge on any atom is -0.301 e. The predicted octanol–water partition coefficient (Wildman–Crippen LogP) is 3.54. The lowest BCUT2D eigenvalue weighted by Gasteiger charge is -2.34. The second-order valence-corrected chi connectivity index (χ2v) is 6.75. The van der Waals surface area contributed by atoms with Crippen LogP contribution < -0.4 is 5.32 Å². The van der Waals surface area contributed by atoms with Crippen LogP contribution in [0.2, 0.25) is 0 Å². The summed E-state index contributed by atoms with van der Waals surface area (Å²) in [5, 5.41) is 3.79. The Morgan fingerprint density at radius 2 is 1.71 bits per heavy atom. The predicted molar refractivity (Wildman–Crippen MR) is 64.7 cm³/mol. The van der Waals surface area contributed by atoms with Gasteiger partial charge in [0.1, 0.15) is 0 Å². The molecular weight excluding hydrogens is 190 g/mol. The topological polar surface area (TPSA) is 12.0 Å². The Morgan fingerprint density at radius 1 is 1.07 bits per heavy atom. The van der Waals surface area contributed by atoms with Gasteiger partial charge in [0.05, 0.1) is 4.87 Å². The minimum atomic E-state index is 0.414. The van der Waals surface area contributed by atoms with Crippen LogP contribution in [-0.2, 0) is 0 Å². The van der Waals surface area contributed by atoms with Crippen molar-refractivity contribution in [3.05, 3.63) is 0 Å². The van der Waals surface area contributed by atoms with Crippen molar-refractivity contribution in [3.8, 4) is 0 Å². The van der Waals surface area contributed by atoms with Crippen LogP contribution in [0.3, 0.4) is 0 Å². The minimum absolute atomic E-state index is 0.414. The molecule has 82 valence electrons. The molecule has 0 aromatic rings. The van der Waals surface area contributed by atoms with Gasteiger partial charge in [0.15, 0.2) is 0 Å². The standard InChI is InChI=1S/C12H23NS/c1-3-12(4-2)13-10-11(14-12)8-6-5-7-9-11/h13H,3-10H2,1-2H3. The molecule has 14 heavy (non-hydrogen) atoms. The first-order valence-corrected chi connectivity index (χ1v) is 7.01. The summed E-state index contributed by atoms with van der Waals surface area (Å²) in [7, 11) is 0. The van der Waals surface area contributed by atoms with Crippen molar-refractivity contribution in [1.29, 1.82) is 0 Å². The monoisotopic (exact) mass is 213 g/mol. The van der Waals surface area contributed by atoms with Gasteiger partial charge in [-0.3, -0.25) is 0 Å². The van der Waals surface area contributed by atoms with Crippen molar-refractivity contribution >= 4 is 11.8 Å². The van der Waals surface area contributed by atoms with Gasteiger partial charge >= 0.3 is 0 Å². The first kappa shape index (κ1) is 10.8. The van der Waals surface area contributed by atoms with Crippen LogP contribution >= 0.6 is 11.8 Å². The molecule has 2 fully saturated rings. The summed E-state index contributed by atoms with van der Waals surface area (Å²) in [6.07, 6.45) is 9.83. The molecule has 0 bridgehead atoms. The van der Waals surface area contributed by atoms with E-state index in [4.69, 9.17) is 0 Å². The quantitative estimate of drug-likeness (QED) is 0.753. The van der Waals surface area contributed by atoms with E-state index in [0.29, 0.717) is 9.62 Å². The molecule has 1 spiro atoms. The molecule has 1 aliphatic heterocycles. The summed E-state index contributed by atoms with van der Waals surface area (Å²) in [5.41, 5.74) is 0. The molecule has 0 atom stereocenters. The van der Waals surface area contributed by atoms with Gasteiger partial charge in [0.2, 0.25) is 0 Å². The summed E-state index contributed by atoms with van der Waals surface area (Å²) in [6.45, 7) is 5.91. The highest BCUT2D eigenvalue weighted by Crippen LogP contribution is 2.51. The van der Waals surface area contributed by atoms with Crippen LogP contribution in [0, 0.1) is 0 Å². The summed E-state index contributed by atoms with van der Waals surface area (Å²) in [6, 6.07) is 0. The fraction of sp³-hybridized carbons (Fsp3) is 1.00. The molecule has 1 N–H and O–H groups in total. The zero-order valence-corrected chi connectivity index (χ0v) is 10.4. The molecule has 2 heteroatoms. The van der Waals surface area contributed by atoms with E-state index in [-0.39, 0.29) is 0 Å². The van der Waals surface area contributed by atoms with Gasteiger partial charge in [-0.25, -0.2) is 0 Å². The Labute approximate surface area is 92.4 Å². The van der Waals surface area contributed by atoms with Gasteiger partial charge in [-0.05, 0) is 25.7 Å². The van der Waals surface area contributed by atoms with Crippen LogP contribution in [0.5, 0.6) is 0 Å². The Kier molecular flexibility index (Phi) is 3.13. The van der Waals surface area contributed by atoms with Gasteiger partial charge < -0.3 is 5.32 Å². The van der Waals surface area contributed by atoms with Crippen molar-refractivity contribution in [2.75, 3.05) is 6.54 Å². The third-order valence-corrected chi connectivity index (χ3v) is 6.15. The molecule has 0 radical (unpaired) electrons. The second-order valence-electron chi connectivity index (χ2n) is 4.90. The number of rotatable bonds is 2. The van der Waals surface area contributed by atoms with Crippen molar-refractivity contribution in [2.45, 2.75) is 68.4 Å². The van der Waals surface area contributed by atoms with Crippen LogP contribution in [0.25, 0.3) is 0 Å². The Morgan fingerprint density at radius 3 is 2.21 bits per heavy atom. The molecule has 1 aliphatic carbocycles. The molecule has 2 aliphatic rings. The summed E-state index contributed by atoms with van der Waals surface area (Å²) in [5.74, 6) is 0. The van der Waals surface area contributed by atoms with E-state index in [1.807, 2.05) is 0 Å². The van der Waals surface area contributed by atoms with Gasteiger partial charge in [0.25, 0.3) is 0 Å². The normalized spacial score (nSPS) is 29.6. The molecule has 0 unspecified atom stereocenters. The summed E-state index contributed by atoms with van der Waals surface area (Å²) >= 11 is 2.27. The lowest BCUT2D eigenvalue weighted by Crippen LogP contribution is -2.36. The Hall–Kier alpha value is 0.310. The summed E-state index contributed by atoms with van der Waals surface area (Å²) < 4.78 is 0.615. The SMILES string of the molecule is CCC1(CC)NCC2(CCCCC2)S1. The van der Waals surface area contributed by atoms with Crippen LogP contribution in [-0.4, -0.2) is 16.2 Å². The van der Waals surface area contributed by atoms with Crippen molar-refractivity contribution in [2.24, 2.45) is 0 Å². The fourth-order valence-electron chi connectivity index (χ4n) is 2.93. The highest BCUT2D eigenvalue weighted by Gasteiger charge is 2.46. The Bertz CT molecular complexity index is 192. The molecule has 0 amide bonds. The number of hydrogen-bond donors (Lipinski definition) is 1. The fourth-order valence-corrected chi connectivity index (χ4v) is 4.83. The highest BCUT2D eigenvalue weighted by molar-refractivity contribution is 8.02. The maximum atomic E-state index is 3.79. The van der Waals surface area contributed by atoms with E-state index in [1.54, 1.807) is 0 Å². The third-order valence-electron chi connectivity index (χ3n) is 4.05. The van der Waals surface area contributed by atoms with E-state index in [2.05, 4.69) is 30.9 Å². The first-order chi connectivity index (χ1) is 6.74. The van der Waals surface area contributed by atoms with Crippen molar-refractivity contribution in [1.82, 2.24) is 5.32 Å². The molecule has 1 saturated heterocycles. The van der Waals surface area contributed by atoms with E-state index < -0.39 is 0 Å². The van der Waals surface area contributed by atoms with E-state index >= 15 is 0 Å².